The molecule has 0 aliphatic carbocycles. The van der Waals surface area contributed by atoms with Crippen LogP contribution in [0.25, 0.3) is 0 Å². The number of phenolic OH excluding ortho intramolecular Hbond substituents is 1. The molecule has 2 N–H and O–H groups in total. The van der Waals surface area contributed by atoms with Crippen LogP contribution in [0.3, 0.4) is 0 Å². The number of hydrogen-bond acceptors (Lipinski definition) is 4. The van der Waals surface area contributed by atoms with E-state index in [0.29, 0.717) is 17.9 Å². The Morgan fingerprint density at radius 3 is 2.71 bits per heavy atom. The lowest BCUT2D eigenvalue weighted by atomic mass is 9.94. The molecule has 0 radical (unpaired) electrons. The van der Waals surface area contributed by atoms with Crippen molar-refractivity contribution >= 4 is 0 Å². The maximum Gasteiger partial charge on any atom is 0.160 e. The van der Waals surface area contributed by atoms with Crippen LogP contribution in [0.1, 0.15) is 35.3 Å². The topological polar surface area (TPSA) is 58.9 Å². The standard InChI is InChI=1S/C17H18O4/c1-10-3-5-15-12(7-10)13(18)9-17(21-15)11-4-6-16(20-2)14(19)8-11/h3-8,13,17-19H,9H2,1-2H3/t13-,17?/m1/s1. The van der Waals surface area contributed by atoms with Gasteiger partial charge in [0.05, 0.1) is 13.2 Å². The van der Waals surface area contributed by atoms with Crippen molar-refractivity contribution in [2.24, 2.45) is 0 Å². The summed E-state index contributed by atoms with van der Waals surface area (Å²) < 4.78 is 11.0. The number of benzene rings is 2. The molecule has 4 nitrogen and oxygen atoms in total. The molecule has 21 heavy (non-hydrogen) atoms. The van der Waals surface area contributed by atoms with E-state index in [1.54, 1.807) is 12.1 Å². The van der Waals surface area contributed by atoms with Crippen LogP contribution in [0.15, 0.2) is 36.4 Å². The van der Waals surface area contributed by atoms with Gasteiger partial charge in [-0.25, -0.2) is 0 Å². The van der Waals surface area contributed by atoms with E-state index in [4.69, 9.17) is 9.47 Å². The molecule has 2 aromatic rings. The maximum absolute atomic E-state index is 10.3. The van der Waals surface area contributed by atoms with Crippen LogP contribution >= 0.6 is 0 Å². The number of rotatable bonds is 2. The summed E-state index contributed by atoms with van der Waals surface area (Å²) in [6.45, 7) is 1.99. The van der Waals surface area contributed by atoms with Crippen molar-refractivity contribution in [3.8, 4) is 17.2 Å². The van der Waals surface area contributed by atoms with Crippen molar-refractivity contribution in [2.75, 3.05) is 7.11 Å². The fourth-order valence-electron chi connectivity index (χ4n) is 2.68. The smallest absolute Gasteiger partial charge is 0.160 e. The fourth-order valence-corrected chi connectivity index (χ4v) is 2.68. The molecule has 1 aliphatic heterocycles. The third-order valence-electron chi connectivity index (χ3n) is 3.81. The lowest BCUT2D eigenvalue weighted by Gasteiger charge is -2.30. The number of methoxy groups -OCH3 is 1. The van der Waals surface area contributed by atoms with Crippen LogP contribution in [0.5, 0.6) is 17.2 Å². The number of fused-ring (bicyclic) bond motifs is 1. The minimum Gasteiger partial charge on any atom is -0.504 e. The summed E-state index contributed by atoms with van der Waals surface area (Å²) >= 11 is 0. The van der Waals surface area contributed by atoms with Crippen LogP contribution in [-0.4, -0.2) is 17.3 Å². The average Bonchev–Trinajstić information content (AvgIpc) is 2.47. The Hall–Kier alpha value is -2.20. The molecule has 1 heterocycles. The first-order valence-corrected chi connectivity index (χ1v) is 6.90. The maximum atomic E-state index is 10.3. The quantitative estimate of drug-likeness (QED) is 0.889. The summed E-state index contributed by atoms with van der Waals surface area (Å²) in [4.78, 5) is 0. The molecule has 2 atom stereocenters. The van der Waals surface area contributed by atoms with E-state index in [1.165, 1.54) is 7.11 Å². The summed E-state index contributed by atoms with van der Waals surface area (Å²) in [5, 5.41) is 20.2. The second kappa shape index (κ2) is 5.30. The Labute approximate surface area is 123 Å². The van der Waals surface area contributed by atoms with Gasteiger partial charge in [0.15, 0.2) is 11.5 Å². The highest BCUT2D eigenvalue weighted by Gasteiger charge is 2.28. The number of hydrogen-bond donors (Lipinski definition) is 2. The Bertz CT molecular complexity index is 666. The Balaban J connectivity index is 1.92. The highest BCUT2D eigenvalue weighted by atomic mass is 16.5. The van der Waals surface area contributed by atoms with Crippen LogP contribution in [0, 0.1) is 6.92 Å². The molecule has 3 rings (SSSR count). The molecule has 0 bridgehead atoms. The van der Waals surface area contributed by atoms with Gasteiger partial charge in [0, 0.05) is 12.0 Å². The molecule has 1 aliphatic rings. The van der Waals surface area contributed by atoms with E-state index < -0.39 is 6.10 Å². The van der Waals surface area contributed by atoms with Gasteiger partial charge in [0.1, 0.15) is 11.9 Å². The van der Waals surface area contributed by atoms with Gasteiger partial charge in [0.25, 0.3) is 0 Å². The van der Waals surface area contributed by atoms with Gasteiger partial charge < -0.3 is 19.7 Å². The molecule has 1 unspecified atom stereocenters. The molecule has 0 saturated heterocycles. The van der Waals surface area contributed by atoms with E-state index in [1.807, 2.05) is 31.2 Å². The average molecular weight is 286 g/mol. The molecule has 0 saturated carbocycles. The number of aryl methyl sites for hydroxylation is 1. The van der Waals surface area contributed by atoms with Crippen molar-refractivity contribution in [3.05, 3.63) is 53.1 Å². The second-order valence-corrected chi connectivity index (χ2v) is 5.33. The van der Waals surface area contributed by atoms with Gasteiger partial charge >= 0.3 is 0 Å². The van der Waals surface area contributed by atoms with Gasteiger partial charge in [0.2, 0.25) is 0 Å². The molecule has 0 fully saturated rings. The van der Waals surface area contributed by atoms with E-state index >= 15 is 0 Å². The molecule has 0 aromatic heterocycles. The highest BCUT2D eigenvalue weighted by Crippen LogP contribution is 2.42. The number of phenols is 1. The lowest BCUT2D eigenvalue weighted by molar-refractivity contribution is 0.0655. The summed E-state index contributed by atoms with van der Waals surface area (Å²) in [6, 6.07) is 10.9. The Morgan fingerprint density at radius 1 is 1.19 bits per heavy atom. The Morgan fingerprint density at radius 2 is 2.00 bits per heavy atom. The van der Waals surface area contributed by atoms with Gasteiger partial charge in [-0.2, -0.15) is 0 Å². The minimum atomic E-state index is -0.567. The van der Waals surface area contributed by atoms with E-state index in [2.05, 4.69) is 0 Å². The second-order valence-electron chi connectivity index (χ2n) is 5.33. The SMILES string of the molecule is COc1ccc(C2C[C@@H](O)c3cc(C)ccc3O2)cc1O. The van der Waals surface area contributed by atoms with E-state index in [0.717, 1.165) is 16.7 Å². The molecule has 0 amide bonds. The molecule has 0 spiro atoms. The van der Waals surface area contributed by atoms with Crippen molar-refractivity contribution in [1.29, 1.82) is 0 Å². The first-order valence-electron chi connectivity index (χ1n) is 6.90. The lowest BCUT2D eigenvalue weighted by Crippen LogP contribution is -2.19. The molecule has 110 valence electrons. The predicted octanol–water partition coefficient (Wildman–Crippen LogP) is 3.27. The zero-order valence-corrected chi connectivity index (χ0v) is 12.0. The van der Waals surface area contributed by atoms with Crippen molar-refractivity contribution in [3.63, 3.8) is 0 Å². The Kier molecular flexibility index (Phi) is 3.47. The number of aromatic hydroxyl groups is 1. The third-order valence-corrected chi connectivity index (χ3v) is 3.81. The normalized spacial score (nSPS) is 20.5. The highest BCUT2D eigenvalue weighted by molar-refractivity contribution is 5.45. The van der Waals surface area contributed by atoms with E-state index in [-0.39, 0.29) is 11.9 Å². The number of ether oxygens (including phenoxy) is 2. The zero-order valence-electron chi connectivity index (χ0n) is 12.0. The number of aliphatic hydroxyl groups excluding tert-OH is 1. The molecule has 4 heteroatoms. The fraction of sp³-hybridized carbons (Fsp3) is 0.294. The number of aliphatic hydroxyl groups is 1. The van der Waals surface area contributed by atoms with Gasteiger partial charge in [-0.15, -0.1) is 0 Å². The largest absolute Gasteiger partial charge is 0.504 e. The van der Waals surface area contributed by atoms with Crippen LogP contribution < -0.4 is 9.47 Å². The van der Waals surface area contributed by atoms with Crippen LogP contribution in [0.2, 0.25) is 0 Å². The summed E-state index contributed by atoms with van der Waals surface area (Å²) in [5.74, 6) is 1.19. The summed E-state index contributed by atoms with van der Waals surface area (Å²) in [7, 11) is 1.51. The van der Waals surface area contributed by atoms with Gasteiger partial charge in [-0.3, -0.25) is 0 Å². The van der Waals surface area contributed by atoms with Crippen molar-refractivity contribution < 1.29 is 19.7 Å². The van der Waals surface area contributed by atoms with Crippen molar-refractivity contribution in [2.45, 2.75) is 25.6 Å². The molecular weight excluding hydrogens is 268 g/mol. The summed E-state index contributed by atoms with van der Waals surface area (Å²) in [5.41, 5.74) is 2.74. The van der Waals surface area contributed by atoms with Crippen LogP contribution in [-0.2, 0) is 0 Å². The first-order chi connectivity index (χ1) is 10.1. The predicted molar refractivity (Wildman–Crippen MR) is 78.8 cm³/mol. The van der Waals surface area contributed by atoms with Crippen molar-refractivity contribution in [1.82, 2.24) is 0 Å². The minimum absolute atomic E-state index is 0.0720. The van der Waals surface area contributed by atoms with Crippen LogP contribution in [0.4, 0.5) is 0 Å². The zero-order chi connectivity index (χ0) is 15.0. The molecular formula is C17H18O4. The first kappa shape index (κ1) is 13.8. The van der Waals surface area contributed by atoms with Gasteiger partial charge in [-0.1, -0.05) is 17.7 Å². The summed E-state index contributed by atoms with van der Waals surface area (Å²) in [6.07, 6.45) is -0.391. The third kappa shape index (κ3) is 2.54. The van der Waals surface area contributed by atoms with E-state index in [9.17, 15) is 10.2 Å². The monoisotopic (exact) mass is 286 g/mol. The van der Waals surface area contributed by atoms with Gasteiger partial charge in [-0.05, 0) is 36.8 Å². The molecule has 2 aromatic carbocycles.